The number of sulfone groups is 1. The molecule has 0 spiro atoms. The molecule has 0 amide bonds. The molecule has 0 aliphatic heterocycles. The second-order valence-corrected chi connectivity index (χ2v) is 4.89. The summed E-state index contributed by atoms with van der Waals surface area (Å²) in [7, 11) is -3.66. The Labute approximate surface area is 88.8 Å². The molecule has 78 valence electrons. The van der Waals surface area contributed by atoms with E-state index in [9.17, 15) is 8.42 Å². The van der Waals surface area contributed by atoms with Crippen LogP contribution >= 0.6 is 0 Å². The number of pyridine rings is 1. The van der Waals surface area contributed by atoms with Gasteiger partial charge in [0.25, 0.3) is 0 Å². The third-order valence-electron chi connectivity index (χ3n) is 1.91. The third kappa shape index (κ3) is 2.05. The van der Waals surface area contributed by atoms with Crippen molar-refractivity contribution in [3.63, 3.8) is 0 Å². The van der Waals surface area contributed by atoms with E-state index in [0.717, 1.165) is 5.41 Å². The van der Waals surface area contributed by atoms with Crippen LogP contribution in [-0.4, -0.2) is 13.4 Å². The molecule has 0 aliphatic carbocycles. The number of hydrogen-bond donors (Lipinski definition) is 0. The summed E-state index contributed by atoms with van der Waals surface area (Å²) < 4.78 is 23.1. The zero-order chi connectivity index (χ0) is 11.6. The molecule has 0 N–H and O–H groups in total. The topological polar surface area (TPSA) is 70.8 Å². The lowest BCUT2D eigenvalue weighted by atomic mass is 10.1. The van der Waals surface area contributed by atoms with Crippen molar-refractivity contribution in [3.05, 3.63) is 34.9 Å². The van der Waals surface area contributed by atoms with Crippen molar-refractivity contribution in [2.75, 3.05) is 0 Å². The van der Waals surface area contributed by atoms with Crippen molar-refractivity contribution in [1.82, 2.24) is 4.98 Å². The highest BCUT2D eigenvalue weighted by Gasteiger charge is 2.19. The maximum absolute atomic E-state index is 11.6. The van der Waals surface area contributed by atoms with Gasteiger partial charge in [-0.1, -0.05) is 6.58 Å². The number of hydrogen-bond acceptors (Lipinski definition) is 4. The molecule has 0 radical (unpaired) electrons. The van der Waals surface area contributed by atoms with Gasteiger partial charge in [-0.2, -0.15) is 5.26 Å². The van der Waals surface area contributed by atoms with Crippen molar-refractivity contribution in [3.8, 4) is 6.07 Å². The number of aryl methyl sites for hydroxylation is 2. The lowest BCUT2D eigenvalue weighted by molar-refractivity contribution is 0.600. The van der Waals surface area contributed by atoms with Gasteiger partial charge in [-0.3, -0.25) is 0 Å². The first-order valence-corrected chi connectivity index (χ1v) is 5.73. The van der Waals surface area contributed by atoms with Crippen molar-refractivity contribution >= 4 is 9.84 Å². The minimum atomic E-state index is -3.66. The highest BCUT2D eigenvalue weighted by molar-refractivity contribution is 7.94. The molecule has 0 fully saturated rings. The summed E-state index contributed by atoms with van der Waals surface area (Å²) in [6.07, 6.45) is 0. The predicted molar refractivity (Wildman–Crippen MR) is 55.8 cm³/mol. The van der Waals surface area contributed by atoms with Crippen LogP contribution in [-0.2, 0) is 9.84 Å². The van der Waals surface area contributed by atoms with Gasteiger partial charge in [-0.15, -0.1) is 0 Å². The molecule has 1 heterocycles. The highest BCUT2D eigenvalue weighted by Crippen LogP contribution is 2.19. The molecule has 0 saturated carbocycles. The molecule has 1 aromatic heterocycles. The van der Waals surface area contributed by atoms with Crippen LogP contribution in [0.2, 0.25) is 0 Å². The molecule has 0 saturated heterocycles. The van der Waals surface area contributed by atoms with Crippen molar-refractivity contribution in [2.45, 2.75) is 18.9 Å². The Morgan fingerprint density at radius 1 is 1.53 bits per heavy atom. The van der Waals surface area contributed by atoms with Gasteiger partial charge in [0.15, 0.2) is 5.03 Å². The summed E-state index contributed by atoms with van der Waals surface area (Å²) in [5, 5.41) is 9.45. The molecular weight excluding hydrogens is 212 g/mol. The van der Waals surface area contributed by atoms with Crippen LogP contribution in [0.4, 0.5) is 0 Å². The van der Waals surface area contributed by atoms with E-state index in [1.165, 1.54) is 0 Å². The first-order chi connectivity index (χ1) is 6.92. The van der Waals surface area contributed by atoms with E-state index in [1.807, 2.05) is 6.07 Å². The summed E-state index contributed by atoms with van der Waals surface area (Å²) in [5.74, 6) is 0. The van der Waals surface area contributed by atoms with E-state index in [4.69, 9.17) is 5.26 Å². The lowest BCUT2D eigenvalue weighted by Crippen LogP contribution is -2.05. The average molecular weight is 222 g/mol. The largest absolute Gasteiger partial charge is 0.240 e. The molecule has 1 aromatic rings. The monoisotopic (exact) mass is 222 g/mol. The van der Waals surface area contributed by atoms with E-state index >= 15 is 0 Å². The van der Waals surface area contributed by atoms with Gasteiger partial charge in [-0.25, -0.2) is 13.4 Å². The van der Waals surface area contributed by atoms with Crippen LogP contribution in [0.5, 0.6) is 0 Å². The van der Waals surface area contributed by atoms with Gasteiger partial charge >= 0.3 is 0 Å². The highest BCUT2D eigenvalue weighted by atomic mass is 32.2. The number of aromatic nitrogens is 1. The van der Waals surface area contributed by atoms with Crippen LogP contribution in [0.1, 0.15) is 16.8 Å². The van der Waals surface area contributed by atoms with Crippen LogP contribution in [0, 0.1) is 25.2 Å². The van der Waals surface area contributed by atoms with Crippen LogP contribution in [0.25, 0.3) is 0 Å². The molecule has 0 unspecified atom stereocenters. The lowest BCUT2D eigenvalue weighted by Gasteiger charge is -2.05. The summed E-state index contributed by atoms with van der Waals surface area (Å²) in [6, 6.07) is 3.51. The van der Waals surface area contributed by atoms with Gasteiger partial charge in [0.1, 0.15) is 6.07 Å². The van der Waals surface area contributed by atoms with Gasteiger partial charge in [0, 0.05) is 11.1 Å². The summed E-state index contributed by atoms with van der Waals surface area (Å²) >= 11 is 0. The molecule has 1 rings (SSSR count). The average Bonchev–Trinajstić information content (AvgIpc) is 2.16. The molecule has 0 atom stereocenters. The van der Waals surface area contributed by atoms with E-state index < -0.39 is 9.84 Å². The molecule has 0 bridgehead atoms. The fraction of sp³-hybridized carbons (Fsp3) is 0.200. The Bertz CT molecular complexity index is 554. The van der Waals surface area contributed by atoms with Crippen molar-refractivity contribution in [2.24, 2.45) is 0 Å². The van der Waals surface area contributed by atoms with E-state index in [1.54, 1.807) is 19.9 Å². The zero-order valence-corrected chi connectivity index (χ0v) is 9.30. The molecule has 0 aliphatic rings. The fourth-order valence-corrected chi connectivity index (χ4v) is 2.14. The Kier molecular flexibility index (Phi) is 2.91. The Balaban J connectivity index is 3.70. The second kappa shape index (κ2) is 3.83. The smallest absolute Gasteiger partial charge is 0.217 e. The van der Waals surface area contributed by atoms with Gasteiger partial charge < -0.3 is 0 Å². The standard InChI is InChI=1S/C10H10N2O2S/c1-4-15(13,14)10-9(6-11)7(2)5-8(3)12-10/h4-5H,1H2,2-3H3. The molecule has 5 heteroatoms. The minimum Gasteiger partial charge on any atom is -0.240 e. The van der Waals surface area contributed by atoms with Crippen LogP contribution in [0.3, 0.4) is 0 Å². The molecule has 15 heavy (non-hydrogen) atoms. The second-order valence-electron chi connectivity index (χ2n) is 3.08. The SMILES string of the molecule is C=CS(=O)(=O)c1nc(C)cc(C)c1C#N. The van der Waals surface area contributed by atoms with Gasteiger partial charge in [0.05, 0.1) is 5.56 Å². The molecule has 4 nitrogen and oxygen atoms in total. The quantitative estimate of drug-likeness (QED) is 0.760. The summed E-state index contributed by atoms with van der Waals surface area (Å²) in [6.45, 7) is 6.56. The van der Waals surface area contributed by atoms with Gasteiger partial charge in [0.2, 0.25) is 9.84 Å². The zero-order valence-electron chi connectivity index (χ0n) is 8.48. The van der Waals surface area contributed by atoms with E-state index in [-0.39, 0.29) is 10.6 Å². The Morgan fingerprint density at radius 2 is 2.13 bits per heavy atom. The first kappa shape index (κ1) is 11.4. The number of rotatable bonds is 2. The Hall–Kier alpha value is -1.67. The fourth-order valence-electron chi connectivity index (χ4n) is 1.22. The third-order valence-corrected chi connectivity index (χ3v) is 3.19. The molecular formula is C10H10N2O2S. The number of nitrogens with zero attached hydrogens (tertiary/aromatic N) is 2. The van der Waals surface area contributed by atoms with Gasteiger partial charge in [-0.05, 0) is 25.5 Å². The summed E-state index contributed by atoms with van der Waals surface area (Å²) in [5.41, 5.74) is 1.25. The van der Waals surface area contributed by atoms with Crippen LogP contribution in [0.15, 0.2) is 23.1 Å². The maximum atomic E-state index is 11.6. The Morgan fingerprint density at radius 3 is 2.60 bits per heavy atom. The van der Waals surface area contributed by atoms with Crippen molar-refractivity contribution < 1.29 is 8.42 Å². The normalized spacial score (nSPS) is 10.7. The molecule has 0 aromatic carbocycles. The maximum Gasteiger partial charge on any atom is 0.217 e. The minimum absolute atomic E-state index is 0.0838. The van der Waals surface area contributed by atoms with E-state index in [2.05, 4.69) is 11.6 Å². The summed E-state index contributed by atoms with van der Waals surface area (Å²) in [4.78, 5) is 3.87. The number of nitriles is 1. The van der Waals surface area contributed by atoms with E-state index in [0.29, 0.717) is 11.3 Å². The predicted octanol–water partition coefficient (Wildman–Crippen LogP) is 1.49. The van der Waals surface area contributed by atoms with Crippen LogP contribution < -0.4 is 0 Å². The first-order valence-electron chi connectivity index (χ1n) is 4.18. The van der Waals surface area contributed by atoms with Crippen molar-refractivity contribution in [1.29, 1.82) is 5.26 Å².